The summed E-state index contributed by atoms with van der Waals surface area (Å²) in [5.41, 5.74) is 50.8. The van der Waals surface area contributed by atoms with Gasteiger partial charge in [0.15, 0.2) is 0 Å². The van der Waals surface area contributed by atoms with Gasteiger partial charge in [-0.25, -0.2) is 0 Å². The van der Waals surface area contributed by atoms with Crippen molar-refractivity contribution in [1.82, 2.24) is 45.3 Å². The summed E-state index contributed by atoms with van der Waals surface area (Å²) < 4.78 is 17.4. The maximum atomic E-state index is 5.96. The summed E-state index contributed by atoms with van der Waals surface area (Å²) in [6.45, 7) is 23.3. The maximum absolute atomic E-state index is 5.96. The van der Waals surface area contributed by atoms with Crippen LogP contribution < -0.4 is 67.6 Å². The minimum Gasteiger partial charge on any atom is -0.364 e. The Morgan fingerprint density at radius 1 is 0.333 bits per heavy atom. The van der Waals surface area contributed by atoms with Crippen LogP contribution in [0.5, 0.6) is 0 Å². The number of hydrogen-bond donors (Lipinski definition) is 12. The van der Waals surface area contributed by atoms with E-state index in [4.69, 9.17) is 65.8 Å². The van der Waals surface area contributed by atoms with E-state index in [1.54, 1.807) is 0 Å². The maximum Gasteiger partial charge on any atom is 0.0986 e. The van der Waals surface area contributed by atoms with E-state index in [1.807, 2.05) is 52.1 Å². The first kappa shape index (κ1) is 75.4. The van der Waals surface area contributed by atoms with Gasteiger partial charge in [-0.2, -0.15) is 0 Å². The Hall–Kier alpha value is -0.840. The standard InChI is InChI=1S/C20H49N7O.C17H42N6O.C14H35N5O/c1-25(2)19-28-18-20(27(16-6-11-23)17-7-12-24)8-3-13-26(14-4-9-21)15-5-10-22;1-22(2)16-24-15-17(21-11-4-8-18)7-3-12-23(13-5-9-19)14-6-10-20;1-19(2)13-20-12-14(18-11-5-8-16)6-3-9-17-10-4-7-15/h20H,3-19,21-24H2,1-2H3;17,21H,3-16,18-20H2,1-2H3;14,17-18H,3-13,15-16H2,1-2H3. The van der Waals surface area contributed by atoms with Crippen molar-refractivity contribution in [2.24, 2.45) is 51.6 Å². The third-order valence-electron chi connectivity index (χ3n) is 11.7. The van der Waals surface area contributed by atoms with Gasteiger partial charge in [0.05, 0.1) is 40.0 Å². The topological polar surface area (TPSA) is 317 Å². The molecule has 0 saturated carbocycles. The highest BCUT2D eigenvalue weighted by Crippen LogP contribution is 2.12. The van der Waals surface area contributed by atoms with Crippen molar-refractivity contribution in [3.05, 3.63) is 0 Å². The quantitative estimate of drug-likeness (QED) is 0.0252. The van der Waals surface area contributed by atoms with E-state index < -0.39 is 0 Å². The summed E-state index contributed by atoms with van der Waals surface area (Å²) in [5.74, 6) is 0. The molecule has 0 spiro atoms. The van der Waals surface area contributed by atoms with Crippen molar-refractivity contribution >= 4 is 0 Å². The first-order chi connectivity index (χ1) is 34.9. The van der Waals surface area contributed by atoms with Crippen LogP contribution in [0.3, 0.4) is 0 Å². The van der Waals surface area contributed by atoms with Gasteiger partial charge >= 0.3 is 0 Å². The Kier molecular flexibility index (Phi) is 63.9. The monoisotopic (exact) mass is 1040 g/mol. The molecule has 0 heterocycles. The van der Waals surface area contributed by atoms with Crippen molar-refractivity contribution in [2.75, 3.05) is 220 Å². The van der Waals surface area contributed by atoms with Gasteiger partial charge in [0.2, 0.25) is 0 Å². The summed E-state index contributed by atoms with van der Waals surface area (Å²) in [7, 11) is 12.1. The van der Waals surface area contributed by atoms with Gasteiger partial charge < -0.3 is 91.6 Å². The minimum atomic E-state index is 0.391. The van der Waals surface area contributed by atoms with Crippen molar-refractivity contribution < 1.29 is 14.2 Å². The second-order valence-electron chi connectivity index (χ2n) is 19.9. The van der Waals surface area contributed by atoms with Gasteiger partial charge in [0.25, 0.3) is 0 Å². The third kappa shape index (κ3) is 56.9. The molecule has 0 rings (SSSR count). The molecular weight excluding hydrogens is 913 g/mol. The Morgan fingerprint density at radius 3 is 1.01 bits per heavy atom. The van der Waals surface area contributed by atoms with Crippen molar-refractivity contribution in [1.29, 1.82) is 0 Å². The number of ether oxygens (including phenoxy) is 3. The molecular formula is C51H126N18O3. The summed E-state index contributed by atoms with van der Waals surface area (Å²) >= 11 is 0. The predicted molar refractivity (Wildman–Crippen MR) is 309 cm³/mol. The average molecular weight is 1040 g/mol. The molecule has 0 bridgehead atoms. The molecule has 21 heteroatoms. The highest BCUT2D eigenvalue weighted by molar-refractivity contribution is 4.75. The first-order valence-corrected chi connectivity index (χ1v) is 28.3. The molecule has 0 aliphatic rings. The van der Waals surface area contributed by atoms with Gasteiger partial charge in [-0.15, -0.1) is 0 Å². The van der Waals surface area contributed by atoms with Crippen molar-refractivity contribution in [2.45, 2.75) is 114 Å². The highest BCUT2D eigenvalue weighted by atomic mass is 16.5. The number of nitrogens with two attached hydrogens (primary N) is 9. The van der Waals surface area contributed by atoms with E-state index >= 15 is 0 Å². The van der Waals surface area contributed by atoms with Gasteiger partial charge in [0, 0.05) is 18.1 Å². The number of nitrogens with zero attached hydrogens (tertiary/aromatic N) is 6. The number of nitrogens with one attached hydrogen (secondary N) is 3. The minimum absolute atomic E-state index is 0.391. The fourth-order valence-electron chi connectivity index (χ4n) is 7.74. The van der Waals surface area contributed by atoms with Crippen LogP contribution in [0, 0.1) is 0 Å². The molecule has 0 aromatic carbocycles. The van der Waals surface area contributed by atoms with Gasteiger partial charge in [0.1, 0.15) is 0 Å². The van der Waals surface area contributed by atoms with E-state index in [0.29, 0.717) is 38.3 Å². The van der Waals surface area contributed by atoms with Gasteiger partial charge in [-0.1, -0.05) is 0 Å². The third-order valence-corrected chi connectivity index (χ3v) is 11.7. The fourth-order valence-corrected chi connectivity index (χ4v) is 7.74. The zero-order chi connectivity index (χ0) is 54.1. The van der Waals surface area contributed by atoms with E-state index in [9.17, 15) is 0 Å². The van der Waals surface area contributed by atoms with Crippen LogP contribution in [0.1, 0.15) is 96.3 Å². The summed E-state index contributed by atoms with van der Waals surface area (Å²) in [4.78, 5) is 13.6. The van der Waals surface area contributed by atoms with Crippen LogP contribution >= 0.6 is 0 Å². The molecule has 3 unspecified atom stereocenters. The Morgan fingerprint density at radius 2 is 0.639 bits per heavy atom. The SMILES string of the molecule is CN(C)COCC(CCCN(CCCN)CCCN)N(CCCN)CCCN.CN(C)COCC(CCCN(CCCN)CCCN)NCCCN.CN(C)COCC(CCCNCCCN)NCCCN. The molecule has 438 valence electrons. The fraction of sp³-hybridized carbons (Fsp3) is 1.00. The highest BCUT2D eigenvalue weighted by Gasteiger charge is 2.19. The smallest absolute Gasteiger partial charge is 0.0986 e. The molecule has 0 saturated heterocycles. The molecule has 0 fully saturated rings. The van der Waals surface area contributed by atoms with Gasteiger partial charge in [-0.05, 0) is 276 Å². The van der Waals surface area contributed by atoms with Crippen LogP contribution in [0.25, 0.3) is 0 Å². The molecule has 21 nitrogen and oxygen atoms in total. The first-order valence-electron chi connectivity index (χ1n) is 28.3. The second kappa shape index (κ2) is 61.0. The number of hydrogen-bond acceptors (Lipinski definition) is 21. The second-order valence-corrected chi connectivity index (χ2v) is 19.9. The van der Waals surface area contributed by atoms with E-state index in [-0.39, 0.29) is 0 Å². The Bertz CT molecular complexity index is 979. The zero-order valence-electron chi connectivity index (χ0n) is 48.0. The van der Waals surface area contributed by atoms with Crippen molar-refractivity contribution in [3.63, 3.8) is 0 Å². The van der Waals surface area contributed by atoms with E-state index in [0.717, 1.165) is 254 Å². The van der Waals surface area contributed by atoms with E-state index in [1.165, 1.54) is 0 Å². The Balaban J connectivity index is -0.00000101. The van der Waals surface area contributed by atoms with Crippen LogP contribution in [-0.2, 0) is 14.2 Å². The average Bonchev–Trinajstić information content (AvgIpc) is 3.35. The zero-order valence-corrected chi connectivity index (χ0v) is 48.0. The molecule has 0 amide bonds. The van der Waals surface area contributed by atoms with Crippen LogP contribution in [0.2, 0.25) is 0 Å². The van der Waals surface area contributed by atoms with Crippen LogP contribution in [0.15, 0.2) is 0 Å². The van der Waals surface area contributed by atoms with Crippen molar-refractivity contribution in [3.8, 4) is 0 Å². The lowest BCUT2D eigenvalue weighted by Gasteiger charge is -2.33. The lowest BCUT2D eigenvalue weighted by molar-refractivity contribution is 0.00946. The molecule has 0 aliphatic heterocycles. The molecule has 72 heavy (non-hydrogen) atoms. The van der Waals surface area contributed by atoms with Crippen LogP contribution in [-0.4, -0.2) is 267 Å². The molecule has 3 atom stereocenters. The molecule has 21 N–H and O–H groups in total. The number of rotatable bonds is 54. The predicted octanol–water partition coefficient (Wildman–Crippen LogP) is -1.17. The van der Waals surface area contributed by atoms with Crippen LogP contribution in [0.4, 0.5) is 0 Å². The lowest BCUT2D eigenvalue weighted by Crippen LogP contribution is -2.42. The largest absolute Gasteiger partial charge is 0.364 e. The van der Waals surface area contributed by atoms with E-state index in [2.05, 4.69) is 35.6 Å². The lowest BCUT2D eigenvalue weighted by atomic mass is 10.1. The van der Waals surface area contributed by atoms with Gasteiger partial charge in [-0.3, -0.25) is 19.6 Å². The molecule has 0 aromatic rings. The summed E-state index contributed by atoms with van der Waals surface area (Å²) in [5, 5.41) is 10.5. The normalized spacial score (nSPS) is 13.1. The molecule has 0 aromatic heterocycles. The molecule has 0 radical (unpaired) electrons. The molecule has 0 aliphatic carbocycles. The summed E-state index contributed by atoms with van der Waals surface area (Å²) in [6.07, 6.45) is 16.1. The summed E-state index contributed by atoms with van der Waals surface area (Å²) in [6, 6.07) is 1.21. The Labute approximate surface area is 444 Å².